The molecule has 158 valence electrons. The van der Waals surface area contributed by atoms with Crippen LogP contribution >= 0.6 is 0 Å². The number of hydrogen-bond donors (Lipinski definition) is 0. The molecule has 0 heterocycles. The van der Waals surface area contributed by atoms with Crippen LogP contribution < -0.4 is 4.74 Å². The molecule has 32 heavy (non-hydrogen) atoms. The molecule has 0 aromatic heterocycles. The second kappa shape index (κ2) is 9.27. The molecule has 0 radical (unpaired) electrons. The summed E-state index contributed by atoms with van der Waals surface area (Å²) < 4.78 is 19.2. The van der Waals surface area contributed by atoms with E-state index in [1.165, 1.54) is 42.5 Å². The van der Waals surface area contributed by atoms with Gasteiger partial charge in [0.1, 0.15) is 11.6 Å². The molecule has 0 amide bonds. The Morgan fingerprint density at radius 3 is 2.22 bits per heavy atom. The quantitative estimate of drug-likeness (QED) is 0.134. The molecule has 0 saturated heterocycles. The van der Waals surface area contributed by atoms with Crippen LogP contribution in [0.2, 0.25) is 0 Å². The van der Waals surface area contributed by atoms with Crippen LogP contribution in [-0.4, -0.2) is 15.8 Å². The molecule has 0 aliphatic rings. The maximum Gasteiger partial charge on any atom is 0.344 e. The van der Waals surface area contributed by atoms with Gasteiger partial charge in [-0.25, -0.2) is 9.18 Å². The van der Waals surface area contributed by atoms with Crippen LogP contribution in [0.15, 0.2) is 66.7 Å². The van der Waals surface area contributed by atoms with E-state index in [-0.39, 0.29) is 22.4 Å². The Bertz CT molecular complexity index is 1280. The van der Waals surface area contributed by atoms with E-state index in [9.17, 15) is 34.7 Å². The van der Waals surface area contributed by atoms with Crippen LogP contribution in [0, 0.1) is 37.4 Å². The molecule has 0 unspecified atom stereocenters. The predicted octanol–water partition coefficient (Wildman–Crippen LogP) is 4.93. The zero-order valence-electron chi connectivity index (χ0n) is 16.1. The van der Waals surface area contributed by atoms with Crippen LogP contribution in [0.3, 0.4) is 0 Å². The lowest BCUT2D eigenvalue weighted by Crippen LogP contribution is -2.09. The summed E-state index contributed by atoms with van der Waals surface area (Å²) in [5.41, 5.74) is -1.09. The second-order valence-corrected chi connectivity index (χ2v) is 6.36. The maximum atomic E-state index is 14.0. The molecule has 3 aromatic rings. The van der Waals surface area contributed by atoms with E-state index in [1.807, 2.05) is 6.07 Å². The highest BCUT2D eigenvalue weighted by molar-refractivity contribution is 5.93. The number of rotatable bonds is 6. The Morgan fingerprint density at radius 1 is 0.969 bits per heavy atom. The van der Waals surface area contributed by atoms with Crippen molar-refractivity contribution in [1.82, 2.24) is 0 Å². The number of nitriles is 1. The Balaban J connectivity index is 1.90. The van der Waals surface area contributed by atoms with E-state index in [2.05, 4.69) is 0 Å². The van der Waals surface area contributed by atoms with Crippen molar-refractivity contribution in [2.24, 2.45) is 0 Å². The number of hydrogen-bond acceptors (Lipinski definition) is 7. The van der Waals surface area contributed by atoms with Gasteiger partial charge < -0.3 is 4.74 Å². The van der Waals surface area contributed by atoms with Gasteiger partial charge in [0.25, 0.3) is 11.4 Å². The predicted molar refractivity (Wildman–Crippen MR) is 111 cm³/mol. The lowest BCUT2D eigenvalue weighted by molar-refractivity contribution is -0.394. The largest absolute Gasteiger partial charge is 0.423 e. The number of non-ortho nitro benzene ring substituents is 2. The van der Waals surface area contributed by atoms with Crippen molar-refractivity contribution in [2.45, 2.75) is 0 Å². The number of ether oxygens (including phenoxy) is 1. The van der Waals surface area contributed by atoms with Gasteiger partial charge in [0.2, 0.25) is 0 Å². The normalized spacial score (nSPS) is 10.8. The topological polar surface area (TPSA) is 136 Å². The lowest BCUT2D eigenvalue weighted by Gasteiger charge is -2.06. The third kappa shape index (κ3) is 4.98. The van der Waals surface area contributed by atoms with Crippen molar-refractivity contribution < 1.29 is 23.8 Å². The highest BCUT2D eigenvalue weighted by Gasteiger charge is 2.21. The monoisotopic (exact) mass is 433 g/mol. The number of nitro benzene ring substituents is 2. The fraction of sp³-hybridized carbons (Fsp3) is 0. The summed E-state index contributed by atoms with van der Waals surface area (Å²) in [6, 6.07) is 16.0. The average Bonchev–Trinajstić information content (AvgIpc) is 2.78. The van der Waals surface area contributed by atoms with Gasteiger partial charge in [-0.15, -0.1) is 0 Å². The number of esters is 1. The number of nitrogens with zero attached hydrogens (tertiary/aromatic N) is 3. The number of nitro groups is 2. The van der Waals surface area contributed by atoms with Gasteiger partial charge in [0.05, 0.1) is 33.1 Å². The zero-order valence-corrected chi connectivity index (χ0v) is 16.1. The summed E-state index contributed by atoms with van der Waals surface area (Å²) in [6.07, 6.45) is 1.40. The van der Waals surface area contributed by atoms with Crippen LogP contribution in [0.25, 0.3) is 11.6 Å². The SMILES string of the molecule is N#C/C(=C/c1cccc(OC(=O)c2cc([N+](=O)[O-])cc([N+](=O)[O-])c2)c1)c1ccccc1F. The van der Waals surface area contributed by atoms with E-state index in [1.54, 1.807) is 12.1 Å². The number of benzene rings is 3. The molecule has 0 aliphatic carbocycles. The van der Waals surface area contributed by atoms with Gasteiger partial charge in [0.15, 0.2) is 0 Å². The minimum Gasteiger partial charge on any atom is -0.423 e. The van der Waals surface area contributed by atoms with Crippen molar-refractivity contribution in [3.63, 3.8) is 0 Å². The fourth-order valence-electron chi connectivity index (χ4n) is 2.77. The summed E-state index contributed by atoms with van der Waals surface area (Å²) in [5.74, 6) is -1.61. The summed E-state index contributed by atoms with van der Waals surface area (Å²) in [4.78, 5) is 32.7. The first-order chi connectivity index (χ1) is 15.3. The van der Waals surface area contributed by atoms with Gasteiger partial charge in [0, 0.05) is 17.7 Å². The molecule has 0 fully saturated rings. The molecule has 3 rings (SSSR count). The molecular weight excluding hydrogens is 421 g/mol. The molecule has 0 N–H and O–H groups in total. The van der Waals surface area contributed by atoms with Crippen LogP contribution in [0.4, 0.5) is 15.8 Å². The molecule has 0 spiro atoms. The third-order valence-electron chi connectivity index (χ3n) is 4.22. The summed E-state index contributed by atoms with van der Waals surface area (Å²) in [6.45, 7) is 0. The average molecular weight is 433 g/mol. The molecule has 0 saturated carbocycles. The van der Waals surface area contributed by atoms with Crippen LogP contribution in [0.1, 0.15) is 21.5 Å². The standard InChI is InChI=1S/C22H12FN3O6/c23-21-7-2-1-6-20(21)16(13-24)8-14-4-3-5-19(9-14)32-22(27)15-10-17(25(28)29)12-18(11-15)26(30)31/h1-12H/b16-8-. The number of carbonyl (C=O) groups is 1. The minimum atomic E-state index is -1.05. The molecule has 3 aromatic carbocycles. The lowest BCUT2D eigenvalue weighted by atomic mass is 10.0. The summed E-state index contributed by atoms with van der Waals surface area (Å²) in [5, 5.41) is 31.4. The third-order valence-corrected chi connectivity index (χ3v) is 4.22. The van der Waals surface area contributed by atoms with Gasteiger partial charge >= 0.3 is 5.97 Å². The molecule has 0 bridgehead atoms. The van der Waals surface area contributed by atoms with Crippen molar-refractivity contribution >= 4 is 29.0 Å². The van der Waals surface area contributed by atoms with Crippen LogP contribution in [0.5, 0.6) is 5.75 Å². The van der Waals surface area contributed by atoms with Crippen molar-refractivity contribution in [3.05, 3.63) is 109 Å². The molecule has 9 nitrogen and oxygen atoms in total. The Labute approximate surface area is 179 Å². The molecular formula is C22H12FN3O6. The first-order valence-corrected chi connectivity index (χ1v) is 8.91. The Morgan fingerprint density at radius 2 is 1.62 bits per heavy atom. The van der Waals surface area contributed by atoms with E-state index in [0.29, 0.717) is 5.56 Å². The molecule has 10 heteroatoms. The molecule has 0 aliphatic heterocycles. The molecule has 0 atom stereocenters. The van der Waals surface area contributed by atoms with E-state index in [4.69, 9.17) is 4.74 Å². The van der Waals surface area contributed by atoms with E-state index in [0.717, 1.165) is 18.2 Å². The smallest absolute Gasteiger partial charge is 0.344 e. The van der Waals surface area contributed by atoms with Crippen molar-refractivity contribution in [1.29, 1.82) is 5.26 Å². The number of carbonyl (C=O) groups excluding carboxylic acids is 1. The second-order valence-electron chi connectivity index (χ2n) is 6.36. The number of allylic oxidation sites excluding steroid dienone is 1. The van der Waals surface area contributed by atoms with Crippen LogP contribution in [-0.2, 0) is 0 Å². The van der Waals surface area contributed by atoms with Crippen molar-refractivity contribution in [2.75, 3.05) is 0 Å². The van der Waals surface area contributed by atoms with Gasteiger partial charge in [-0.2, -0.15) is 5.26 Å². The maximum absolute atomic E-state index is 14.0. The highest BCUT2D eigenvalue weighted by Crippen LogP contribution is 2.25. The van der Waals surface area contributed by atoms with Gasteiger partial charge in [-0.1, -0.05) is 30.3 Å². The minimum absolute atomic E-state index is 0.0173. The fourth-order valence-corrected chi connectivity index (χ4v) is 2.77. The Kier molecular flexibility index (Phi) is 6.31. The van der Waals surface area contributed by atoms with Gasteiger partial charge in [-0.3, -0.25) is 20.2 Å². The van der Waals surface area contributed by atoms with Gasteiger partial charge in [-0.05, 0) is 29.8 Å². The first kappa shape index (κ1) is 21.8. The van der Waals surface area contributed by atoms with E-state index < -0.39 is 33.0 Å². The zero-order chi connectivity index (χ0) is 23.3. The first-order valence-electron chi connectivity index (χ1n) is 8.91. The Hall–Kier alpha value is -4.91. The number of halogens is 1. The van der Waals surface area contributed by atoms with E-state index >= 15 is 0 Å². The summed E-state index contributed by atoms with van der Waals surface area (Å²) >= 11 is 0. The highest BCUT2D eigenvalue weighted by atomic mass is 19.1. The summed E-state index contributed by atoms with van der Waals surface area (Å²) in [7, 11) is 0. The van der Waals surface area contributed by atoms with Crippen molar-refractivity contribution in [3.8, 4) is 11.8 Å².